The Kier molecular flexibility index (Phi) is 6.07. The van der Waals surface area contributed by atoms with Crippen molar-refractivity contribution in [2.45, 2.75) is 25.3 Å². The number of hydrogen-bond donors (Lipinski definition) is 1. The van der Waals surface area contributed by atoms with Crippen molar-refractivity contribution in [3.63, 3.8) is 0 Å². The average Bonchev–Trinajstić information content (AvgIpc) is 3.22. The second kappa shape index (κ2) is 8.15. The van der Waals surface area contributed by atoms with Crippen LogP contribution in [0.2, 0.25) is 0 Å². The van der Waals surface area contributed by atoms with Gasteiger partial charge in [-0.3, -0.25) is 14.5 Å². The molecule has 0 spiro atoms. The molecule has 27 heavy (non-hydrogen) atoms. The highest BCUT2D eigenvalue weighted by atomic mass is 32.2. The van der Waals surface area contributed by atoms with Gasteiger partial charge in [0.25, 0.3) is 5.91 Å². The lowest BCUT2D eigenvalue weighted by atomic mass is 10.2. The van der Waals surface area contributed by atoms with Crippen molar-refractivity contribution < 1.29 is 18.0 Å². The Bertz CT molecular complexity index is 904. The number of aromatic nitrogens is 1. The minimum Gasteiger partial charge on any atom is -0.352 e. The Morgan fingerprint density at radius 1 is 1.48 bits per heavy atom. The van der Waals surface area contributed by atoms with Crippen LogP contribution in [0.3, 0.4) is 0 Å². The molecule has 1 unspecified atom stereocenters. The number of thiocarbonyl (C=S) groups is 1. The fourth-order valence-electron chi connectivity index (χ4n) is 3.06. The third-order valence-corrected chi connectivity index (χ3v) is 7.67. The smallest absolute Gasteiger partial charge is 0.266 e. The van der Waals surface area contributed by atoms with Gasteiger partial charge in [-0.25, -0.2) is 8.42 Å². The molecule has 1 aromatic rings. The van der Waals surface area contributed by atoms with Gasteiger partial charge in [0.2, 0.25) is 5.91 Å². The molecule has 2 aliphatic heterocycles. The van der Waals surface area contributed by atoms with Crippen LogP contribution >= 0.6 is 24.0 Å². The fraction of sp³-hybridized carbons (Fsp3) is 0.471. The van der Waals surface area contributed by atoms with E-state index in [0.717, 1.165) is 5.69 Å². The summed E-state index contributed by atoms with van der Waals surface area (Å²) in [6.45, 7) is 0.367. The summed E-state index contributed by atoms with van der Waals surface area (Å²) >= 11 is 6.56. The molecule has 146 valence electrons. The molecule has 2 saturated heterocycles. The van der Waals surface area contributed by atoms with Crippen LogP contribution < -0.4 is 5.32 Å². The van der Waals surface area contributed by atoms with E-state index in [2.05, 4.69) is 5.32 Å². The van der Waals surface area contributed by atoms with Gasteiger partial charge in [0.1, 0.15) is 4.32 Å². The lowest BCUT2D eigenvalue weighted by Crippen LogP contribution is -2.36. The van der Waals surface area contributed by atoms with Crippen molar-refractivity contribution in [2.75, 3.05) is 18.1 Å². The van der Waals surface area contributed by atoms with Gasteiger partial charge >= 0.3 is 0 Å². The van der Waals surface area contributed by atoms with Gasteiger partial charge in [0, 0.05) is 37.9 Å². The van der Waals surface area contributed by atoms with E-state index in [9.17, 15) is 18.0 Å². The molecule has 1 aromatic heterocycles. The maximum Gasteiger partial charge on any atom is 0.266 e. The predicted molar refractivity (Wildman–Crippen MR) is 110 cm³/mol. The number of nitrogens with zero attached hydrogens (tertiary/aromatic N) is 2. The zero-order valence-corrected chi connectivity index (χ0v) is 17.3. The first-order valence-electron chi connectivity index (χ1n) is 8.62. The number of thioether (sulfide) groups is 1. The Balaban J connectivity index is 1.49. The first kappa shape index (κ1) is 20.1. The van der Waals surface area contributed by atoms with Gasteiger partial charge in [-0.15, -0.1) is 0 Å². The molecule has 2 amide bonds. The van der Waals surface area contributed by atoms with Crippen LogP contribution in [0, 0.1) is 0 Å². The van der Waals surface area contributed by atoms with Gasteiger partial charge in [0.05, 0.1) is 16.4 Å². The third kappa shape index (κ3) is 4.99. The summed E-state index contributed by atoms with van der Waals surface area (Å²) in [5.41, 5.74) is 0.918. The molecule has 3 heterocycles. The summed E-state index contributed by atoms with van der Waals surface area (Å²) in [7, 11) is -1.11. The van der Waals surface area contributed by atoms with Crippen LogP contribution in [0.15, 0.2) is 23.2 Å². The van der Waals surface area contributed by atoms with Crippen molar-refractivity contribution in [3.05, 3.63) is 28.9 Å². The fourth-order valence-corrected chi connectivity index (χ4v) is 6.02. The van der Waals surface area contributed by atoms with E-state index >= 15 is 0 Å². The van der Waals surface area contributed by atoms with E-state index in [4.69, 9.17) is 12.2 Å². The second-order valence-electron chi connectivity index (χ2n) is 6.65. The van der Waals surface area contributed by atoms with Gasteiger partial charge in [-0.1, -0.05) is 24.0 Å². The highest BCUT2D eigenvalue weighted by Gasteiger charge is 2.32. The molecule has 3 rings (SSSR count). The minimum absolute atomic E-state index is 0.0113. The lowest BCUT2D eigenvalue weighted by molar-refractivity contribution is -0.124. The topological polar surface area (TPSA) is 88.5 Å². The summed E-state index contributed by atoms with van der Waals surface area (Å²) in [5, 5.41) is 2.75. The molecule has 10 heteroatoms. The monoisotopic (exact) mass is 427 g/mol. The largest absolute Gasteiger partial charge is 0.352 e. The minimum atomic E-state index is -3.02. The molecule has 1 atom stereocenters. The maximum absolute atomic E-state index is 12.6. The van der Waals surface area contributed by atoms with Gasteiger partial charge in [-0.2, -0.15) is 0 Å². The number of rotatable bonds is 6. The maximum atomic E-state index is 12.6. The number of carbonyl (C=O) groups excluding carboxylic acids is 2. The zero-order chi connectivity index (χ0) is 19.6. The van der Waals surface area contributed by atoms with E-state index in [1.165, 1.54) is 16.7 Å². The standard InChI is InChI=1S/C17H21N3O4S3/c1-19-7-2-4-13(19)10-14-16(22)20(17(25)26-14)8-3-5-15(21)18-12-6-9-27(23,24)11-12/h2,4,7,10,12H,3,5-6,8-9,11H2,1H3,(H,18,21). The SMILES string of the molecule is Cn1cccc1C=C1SC(=S)N(CCCC(=O)NC2CCS(=O)(=O)C2)C1=O. The van der Waals surface area contributed by atoms with E-state index in [0.29, 0.717) is 28.6 Å². The molecule has 7 nitrogen and oxygen atoms in total. The Morgan fingerprint density at radius 3 is 2.89 bits per heavy atom. The normalized spacial score (nSPS) is 23.4. The van der Waals surface area contributed by atoms with Crippen molar-refractivity contribution in [2.24, 2.45) is 7.05 Å². The molecule has 0 aliphatic carbocycles. The molecule has 1 N–H and O–H groups in total. The van der Waals surface area contributed by atoms with Crippen molar-refractivity contribution in [3.8, 4) is 0 Å². The first-order valence-corrected chi connectivity index (χ1v) is 11.7. The predicted octanol–water partition coefficient (Wildman–Crippen LogP) is 1.31. The van der Waals surface area contributed by atoms with Crippen LogP contribution in [0.5, 0.6) is 0 Å². The Labute approximate surface area is 168 Å². The summed E-state index contributed by atoms with van der Waals surface area (Å²) in [5.74, 6) is -0.199. The molecule has 0 aromatic carbocycles. The summed E-state index contributed by atoms with van der Waals surface area (Å²) in [4.78, 5) is 26.6. The highest BCUT2D eigenvalue weighted by Crippen LogP contribution is 2.32. The molecular weight excluding hydrogens is 406 g/mol. The van der Waals surface area contributed by atoms with Crippen molar-refractivity contribution >= 4 is 56.0 Å². The molecule has 2 aliphatic rings. The Morgan fingerprint density at radius 2 is 2.26 bits per heavy atom. The van der Waals surface area contributed by atoms with E-state index in [1.807, 2.05) is 36.0 Å². The van der Waals surface area contributed by atoms with Crippen LogP contribution in [-0.4, -0.2) is 58.1 Å². The summed E-state index contributed by atoms with van der Waals surface area (Å²) < 4.78 is 25.3. The van der Waals surface area contributed by atoms with Crippen molar-refractivity contribution in [1.82, 2.24) is 14.8 Å². The third-order valence-electron chi connectivity index (χ3n) is 4.52. The number of hydrogen-bond acceptors (Lipinski definition) is 6. The first-order chi connectivity index (χ1) is 12.7. The quantitative estimate of drug-likeness (QED) is 0.544. The number of nitrogens with one attached hydrogen (secondary N) is 1. The average molecular weight is 428 g/mol. The van der Waals surface area contributed by atoms with Crippen LogP contribution in [0.4, 0.5) is 0 Å². The number of amides is 2. The molecular formula is C17H21N3O4S3. The molecule has 0 bridgehead atoms. The zero-order valence-electron chi connectivity index (χ0n) is 14.9. The molecule has 2 fully saturated rings. The van der Waals surface area contributed by atoms with E-state index in [1.54, 1.807) is 0 Å². The van der Waals surface area contributed by atoms with E-state index in [-0.39, 0.29) is 35.8 Å². The van der Waals surface area contributed by atoms with Crippen molar-refractivity contribution in [1.29, 1.82) is 0 Å². The lowest BCUT2D eigenvalue weighted by Gasteiger charge is -2.15. The van der Waals surface area contributed by atoms with E-state index < -0.39 is 9.84 Å². The van der Waals surface area contributed by atoms with Crippen LogP contribution in [-0.2, 0) is 26.5 Å². The number of carbonyl (C=O) groups is 2. The van der Waals surface area contributed by atoms with Gasteiger partial charge < -0.3 is 9.88 Å². The second-order valence-corrected chi connectivity index (χ2v) is 10.6. The summed E-state index contributed by atoms with van der Waals surface area (Å²) in [6.07, 6.45) is 4.87. The van der Waals surface area contributed by atoms with Crippen LogP contribution in [0.25, 0.3) is 6.08 Å². The Hall–Kier alpha value is -1.65. The highest BCUT2D eigenvalue weighted by molar-refractivity contribution is 8.26. The summed E-state index contributed by atoms with van der Waals surface area (Å²) in [6, 6.07) is 3.52. The van der Waals surface area contributed by atoms with Crippen LogP contribution in [0.1, 0.15) is 25.0 Å². The molecule has 0 radical (unpaired) electrons. The molecule has 0 saturated carbocycles. The van der Waals surface area contributed by atoms with Gasteiger partial charge in [0.15, 0.2) is 9.84 Å². The number of aryl methyl sites for hydroxylation is 1. The van der Waals surface area contributed by atoms with Gasteiger partial charge in [-0.05, 0) is 31.1 Å². The number of sulfone groups is 1.